The molecule has 1 aromatic carbocycles. The lowest BCUT2D eigenvalue weighted by molar-refractivity contribution is 0.409. The molecule has 0 N–H and O–H groups in total. The van der Waals surface area contributed by atoms with E-state index in [1.54, 1.807) is 24.4 Å². The van der Waals surface area contributed by atoms with Crippen molar-refractivity contribution in [2.45, 2.75) is 18.2 Å². The predicted molar refractivity (Wildman–Crippen MR) is 71.0 cm³/mol. The second kappa shape index (κ2) is 6.39. The standard InChI is InChI=1S/C12H18N2O2S/c1-5-10-8-11(6-7-12(10)16-4)17(15)13-9-14(2)3/h6-9H,5H2,1-4H3/b13-9+. The molecule has 1 atom stereocenters. The fourth-order valence-corrected chi connectivity index (χ4v) is 2.16. The number of hydrogen-bond acceptors (Lipinski definition) is 2. The van der Waals surface area contributed by atoms with Crippen LogP contribution in [0.2, 0.25) is 0 Å². The Morgan fingerprint density at radius 2 is 2.18 bits per heavy atom. The van der Waals surface area contributed by atoms with E-state index >= 15 is 0 Å². The molecule has 0 aromatic heterocycles. The minimum atomic E-state index is -1.35. The highest BCUT2D eigenvalue weighted by Gasteiger charge is 2.06. The van der Waals surface area contributed by atoms with E-state index in [-0.39, 0.29) is 0 Å². The van der Waals surface area contributed by atoms with Crippen LogP contribution in [0.25, 0.3) is 0 Å². The van der Waals surface area contributed by atoms with Gasteiger partial charge in [-0.25, -0.2) is 4.21 Å². The minimum Gasteiger partial charge on any atom is -0.496 e. The molecule has 0 heterocycles. The molecule has 0 aliphatic rings. The Morgan fingerprint density at radius 1 is 1.47 bits per heavy atom. The molecule has 5 heteroatoms. The summed E-state index contributed by atoms with van der Waals surface area (Å²) in [4.78, 5) is 2.45. The van der Waals surface area contributed by atoms with Gasteiger partial charge in [-0.05, 0) is 30.2 Å². The Kier molecular flexibility index (Phi) is 5.15. The molecule has 0 saturated carbocycles. The van der Waals surface area contributed by atoms with Gasteiger partial charge < -0.3 is 9.64 Å². The fraction of sp³-hybridized carbons (Fsp3) is 0.417. The van der Waals surface area contributed by atoms with Crippen LogP contribution >= 0.6 is 0 Å². The van der Waals surface area contributed by atoms with Gasteiger partial charge in [0.1, 0.15) is 12.1 Å². The summed E-state index contributed by atoms with van der Waals surface area (Å²) in [5.74, 6) is 0.824. The van der Waals surface area contributed by atoms with Gasteiger partial charge in [0, 0.05) is 14.1 Å². The fourth-order valence-electron chi connectivity index (χ4n) is 1.34. The van der Waals surface area contributed by atoms with E-state index < -0.39 is 11.0 Å². The Hall–Kier alpha value is -1.36. The number of methoxy groups -OCH3 is 1. The largest absolute Gasteiger partial charge is 0.496 e. The number of aryl methyl sites for hydroxylation is 1. The maximum Gasteiger partial charge on any atom is 0.173 e. The van der Waals surface area contributed by atoms with Crippen molar-refractivity contribution in [3.05, 3.63) is 23.8 Å². The normalized spacial score (nSPS) is 12.7. The molecule has 4 nitrogen and oxygen atoms in total. The van der Waals surface area contributed by atoms with Gasteiger partial charge in [0.15, 0.2) is 11.0 Å². The van der Waals surface area contributed by atoms with E-state index in [1.807, 2.05) is 33.2 Å². The maximum absolute atomic E-state index is 11.9. The molecule has 0 aliphatic carbocycles. The van der Waals surface area contributed by atoms with Crippen LogP contribution in [-0.4, -0.2) is 36.7 Å². The smallest absolute Gasteiger partial charge is 0.173 e. The number of benzene rings is 1. The summed E-state index contributed by atoms with van der Waals surface area (Å²) in [5.41, 5.74) is 1.04. The quantitative estimate of drug-likeness (QED) is 0.595. The van der Waals surface area contributed by atoms with E-state index in [0.29, 0.717) is 4.90 Å². The van der Waals surface area contributed by atoms with Crippen molar-refractivity contribution in [2.24, 2.45) is 4.40 Å². The second-order valence-electron chi connectivity index (χ2n) is 3.76. The topological polar surface area (TPSA) is 41.9 Å². The number of ether oxygens (including phenoxy) is 1. The van der Waals surface area contributed by atoms with Gasteiger partial charge in [-0.3, -0.25) is 0 Å². The summed E-state index contributed by atoms with van der Waals surface area (Å²) in [7, 11) is 3.96. The van der Waals surface area contributed by atoms with Crippen LogP contribution in [0, 0.1) is 0 Å². The van der Waals surface area contributed by atoms with Gasteiger partial charge in [0.05, 0.1) is 12.0 Å². The van der Waals surface area contributed by atoms with Crippen LogP contribution in [0.15, 0.2) is 27.5 Å². The lowest BCUT2D eigenvalue weighted by Crippen LogP contribution is -2.08. The minimum absolute atomic E-state index is 0.695. The molecule has 1 unspecified atom stereocenters. The average molecular weight is 254 g/mol. The lowest BCUT2D eigenvalue weighted by Gasteiger charge is -2.08. The highest BCUT2D eigenvalue weighted by atomic mass is 32.2. The van der Waals surface area contributed by atoms with Crippen LogP contribution in [0.3, 0.4) is 0 Å². The number of hydrogen-bond donors (Lipinski definition) is 0. The van der Waals surface area contributed by atoms with Crippen LogP contribution in [0.5, 0.6) is 5.75 Å². The number of nitrogens with zero attached hydrogens (tertiary/aromatic N) is 2. The van der Waals surface area contributed by atoms with E-state index in [9.17, 15) is 4.21 Å². The molecule has 17 heavy (non-hydrogen) atoms. The lowest BCUT2D eigenvalue weighted by atomic mass is 10.1. The average Bonchev–Trinajstić information content (AvgIpc) is 2.34. The molecule has 0 saturated heterocycles. The van der Waals surface area contributed by atoms with Crippen LogP contribution in [0.4, 0.5) is 0 Å². The van der Waals surface area contributed by atoms with Gasteiger partial charge in [0.2, 0.25) is 0 Å². The van der Waals surface area contributed by atoms with Crippen molar-refractivity contribution in [1.82, 2.24) is 4.90 Å². The zero-order valence-electron chi connectivity index (χ0n) is 10.6. The summed E-state index contributed by atoms with van der Waals surface area (Å²) in [6.45, 7) is 2.04. The van der Waals surface area contributed by atoms with Gasteiger partial charge in [0.25, 0.3) is 0 Å². The van der Waals surface area contributed by atoms with Crippen molar-refractivity contribution >= 4 is 17.3 Å². The molecule has 0 aliphatic heterocycles. The molecule has 0 spiro atoms. The molecule has 1 aromatic rings. The van der Waals surface area contributed by atoms with Crippen LogP contribution < -0.4 is 4.74 Å². The predicted octanol–water partition coefficient (Wildman–Crippen LogP) is 1.87. The maximum atomic E-state index is 11.9. The molecular weight excluding hydrogens is 236 g/mol. The van der Waals surface area contributed by atoms with E-state index in [0.717, 1.165) is 17.7 Å². The first-order valence-electron chi connectivity index (χ1n) is 5.38. The summed E-state index contributed by atoms with van der Waals surface area (Å²) < 4.78 is 21.0. The summed E-state index contributed by atoms with van der Waals surface area (Å²) in [6, 6.07) is 5.49. The molecule has 0 radical (unpaired) electrons. The van der Waals surface area contributed by atoms with E-state index in [4.69, 9.17) is 4.74 Å². The first-order chi connectivity index (χ1) is 8.08. The molecular formula is C12H18N2O2S. The number of rotatable bonds is 5. The molecule has 1 rings (SSSR count). The van der Waals surface area contributed by atoms with Crippen LogP contribution in [0.1, 0.15) is 12.5 Å². The highest BCUT2D eigenvalue weighted by molar-refractivity contribution is 7.83. The van der Waals surface area contributed by atoms with Gasteiger partial charge in [-0.2, -0.15) is 4.40 Å². The first-order valence-corrected chi connectivity index (χ1v) is 6.48. The van der Waals surface area contributed by atoms with Crippen LogP contribution in [-0.2, 0) is 17.4 Å². The molecule has 0 amide bonds. The van der Waals surface area contributed by atoms with Gasteiger partial charge in [-0.1, -0.05) is 6.92 Å². The molecule has 94 valence electrons. The van der Waals surface area contributed by atoms with Gasteiger partial charge in [-0.15, -0.1) is 0 Å². The third-order valence-electron chi connectivity index (χ3n) is 2.21. The Balaban J connectivity index is 2.96. The summed E-state index contributed by atoms with van der Waals surface area (Å²) in [6.07, 6.45) is 2.39. The van der Waals surface area contributed by atoms with Crippen molar-refractivity contribution < 1.29 is 8.95 Å². The Morgan fingerprint density at radius 3 is 2.71 bits per heavy atom. The zero-order valence-corrected chi connectivity index (χ0v) is 11.5. The van der Waals surface area contributed by atoms with Crippen molar-refractivity contribution in [2.75, 3.05) is 21.2 Å². The van der Waals surface area contributed by atoms with Crippen molar-refractivity contribution in [3.63, 3.8) is 0 Å². The highest BCUT2D eigenvalue weighted by Crippen LogP contribution is 2.22. The second-order valence-corrected chi connectivity index (χ2v) is 4.94. The third kappa shape index (κ3) is 3.85. The summed E-state index contributed by atoms with van der Waals surface area (Å²) >= 11 is 0. The SMILES string of the molecule is CCc1cc(S(=O)/N=C/N(C)C)ccc1OC. The van der Waals surface area contributed by atoms with E-state index in [1.165, 1.54) is 0 Å². The van der Waals surface area contributed by atoms with Gasteiger partial charge >= 0.3 is 0 Å². The van der Waals surface area contributed by atoms with Crippen molar-refractivity contribution in [1.29, 1.82) is 0 Å². The van der Waals surface area contributed by atoms with E-state index in [2.05, 4.69) is 4.40 Å². The first kappa shape index (κ1) is 13.7. The third-order valence-corrected chi connectivity index (χ3v) is 3.15. The Bertz CT molecular complexity index is 431. The zero-order chi connectivity index (χ0) is 12.8. The summed E-state index contributed by atoms with van der Waals surface area (Å²) in [5, 5.41) is 0. The van der Waals surface area contributed by atoms with Crippen molar-refractivity contribution in [3.8, 4) is 5.75 Å². The molecule has 0 fully saturated rings. The molecule has 0 bridgehead atoms. The monoisotopic (exact) mass is 254 g/mol. The Labute approximate surface area is 105 Å².